The second kappa shape index (κ2) is 10.5. The van der Waals surface area contributed by atoms with E-state index in [4.69, 9.17) is 11.1 Å². The molecule has 5 heteroatoms. The molecule has 0 fully saturated rings. The zero-order valence-electron chi connectivity index (χ0n) is 19.3. The number of anilines is 1. The molecule has 170 valence electrons. The summed E-state index contributed by atoms with van der Waals surface area (Å²) in [5.74, 6) is 6.64. The number of benzene rings is 3. The number of aryl methyl sites for hydroxylation is 1. The van der Waals surface area contributed by atoms with Gasteiger partial charge in [-0.05, 0) is 48.4 Å². The van der Waals surface area contributed by atoms with Gasteiger partial charge in [0, 0.05) is 42.0 Å². The van der Waals surface area contributed by atoms with Crippen molar-refractivity contribution in [2.45, 2.75) is 13.5 Å². The molecule has 0 bridgehead atoms. The van der Waals surface area contributed by atoms with Gasteiger partial charge in [-0.25, -0.2) is 0 Å². The van der Waals surface area contributed by atoms with Crippen LogP contribution in [0.4, 0.5) is 5.69 Å². The van der Waals surface area contributed by atoms with Crippen molar-refractivity contribution in [3.8, 4) is 11.8 Å². The largest absolute Gasteiger partial charge is 0.384 e. The summed E-state index contributed by atoms with van der Waals surface area (Å²) in [7, 11) is 0. The Balaban J connectivity index is 1.53. The number of carbonyl (C=O) groups excluding carboxylic acids is 1. The van der Waals surface area contributed by atoms with Crippen LogP contribution in [0.25, 0.3) is 0 Å². The van der Waals surface area contributed by atoms with Gasteiger partial charge in [-0.15, -0.1) is 0 Å². The Labute approximate surface area is 201 Å². The molecule has 0 aliphatic carbocycles. The third-order valence-corrected chi connectivity index (χ3v) is 5.80. The van der Waals surface area contributed by atoms with Crippen molar-refractivity contribution in [2.75, 3.05) is 24.5 Å². The summed E-state index contributed by atoms with van der Waals surface area (Å²) in [6.45, 7) is 4.49. The number of nitrogens with zero attached hydrogens (tertiary/aromatic N) is 2. The number of nitrogens with one attached hydrogen (secondary N) is 1. The maximum absolute atomic E-state index is 12.7. The lowest BCUT2D eigenvalue weighted by atomic mass is 10.0. The lowest BCUT2D eigenvalue weighted by Crippen LogP contribution is -2.28. The first-order valence-electron chi connectivity index (χ1n) is 11.3. The fourth-order valence-electron chi connectivity index (χ4n) is 3.95. The van der Waals surface area contributed by atoms with Crippen molar-refractivity contribution in [1.82, 2.24) is 4.90 Å². The average molecular weight is 449 g/mol. The van der Waals surface area contributed by atoms with Crippen molar-refractivity contribution in [3.05, 3.63) is 113 Å². The maximum Gasteiger partial charge on any atom is 0.254 e. The third-order valence-electron chi connectivity index (χ3n) is 5.80. The van der Waals surface area contributed by atoms with E-state index >= 15 is 0 Å². The number of nitrogens with two attached hydrogens (primary N) is 1. The quantitative estimate of drug-likeness (QED) is 0.255. The van der Waals surface area contributed by atoms with Crippen LogP contribution in [0.1, 0.15) is 32.6 Å². The number of hydrogen-bond acceptors (Lipinski definition) is 3. The first kappa shape index (κ1) is 22.9. The predicted octanol–water partition coefficient (Wildman–Crippen LogP) is 4.35. The number of amidine groups is 1. The van der Waals surface area contributed by atoms with E-state index in [1.54, 1.807) is 0 Å². The van der Waals surface area contributed by atoms with Crippen LogP contribution < -0.4 is 10.6 Å². The van der Waals surface area contributed by atoms with Gasteiger partial charge in [-0.1, -0.05) is 66.5 Å². The molecular weight excluding hydrogens is 420 g/mol. The smallest absolute Gasteiger partial charge is 0.254 e. The van der Waals surface area contributed by atoms with Gasteiger partial charge in [-0.2, -0.15) is 0 Å². The molecule has 0 unspecified atom stereocenters. The van der Waals surface area contributed by atoms with Gasteiger partial charge >= 0.3 is 0 Å². The fraction of sp³-hybridized carbons (Fsp3) is 0.172. The highest BCUT2D eigenvalue weighted by Gasteiger charge is 2.18. The fourth-order valence-corrected chi connectivity index (χ4v) is 3.95. The standard InChI is InChI=1S/C29H28N4O/c1-22-19-23(14-15-27(22)29(34)32-16-5-6-17-32)11-8-18-33(21-24-9-3-2-4-10-24)26-13-7-12-25(20-26)28(30)31/h2-7,9-10,12-15,19-20H,16-18,21H2,1H3,(H3,30,31). The number of nitrogen functional groups attached to an aromatic ring is 1. The molecule has 0 atom stereocenters. The molecule has 3 aromatic rings. The second-order valence-electron chi connectivity index (χ2n) is 8.32. The molecule has 1 amide bonds. The van der Waals surface area contributed by atoms with Crippen molar-refractivity contribution < 1.29 is 4.79 Å². The SMILES string of the molecule is Cc1cc(C#CCN(Cc2ccccc2)c2cccc(C(=N)N)c2)ccc1C(=O)N1CC=CC1. The zero-order valence-corrected chi connectivity index (χ0v) is 19.3. The first-order valence-corrected chi connectivity index (χ1v) is 11.3. The summed E-state index contributed by atoms with van der Waals surface area (Å²) in [5, 5.41) is 7.77. The van der Waals surface area contributed by atoms with Gasteiger partial charge in [0.05, 0.1) is 6.54 Å². The highest BCUT2D eigenvalue weighted by Crippen LogP contribution is 2.19. The molecule has 0 aromatic heterocycles. The molecule has 5 nitrogen and oxygen atoms in total. The molecule has 0 radical (unpaired) electrons. The molecule has 0 saturated carbocycles. The second-order valence-corrected chi connectivity index (χ2v) is 8.32. The van der Waals surface area contributed by atoms with E-state index in [1.807, 2.05) is 84.6 Å². The van der Waals surface area contributed by atoms with E-state index in [2.05, 4.69) is 28.9 Å². The molecular formula is C29H28N4O. The Morgan fingerprint density at radius 1 is 1.03 bits per heavy atom. The van der Waals surface area contributed by atoms with Crippen LogP contribution in [-0.4, -0.2) is 36.3 Å². The van der Waals surface area contributed by atoms with Crippen LogP contribution in [0.2, 0.25) is 0 Å². The first-order chi connectivity index (χ1) is 16.5. The highest BCUT2D eigenvalue weighted by atomic mass is 16.2. The van der Waals surface area contributed by atoms with Gasteiger partial charge in [0.1, 0.15) is 5.84 Å². The molecule has 4 rings (SSSR count). The van der Waals surface area contributed by atoms with Crippen LogP contribution in [0.3, 0.4) is 0 Å². The minimum atomic E-state index is 0.0439. The Kier molecular flexibility index (Phi) is 7.10. The monoisotopic (exact) mass is 448 g/mol. The van der Waals surface area contributed by atoms with Crippen LogP contribution in [0.5, 0.6) is 0 Å². The van der Waals surface area contributed by atoms with Gasteiger partial charge in [0.15, 0.2) is 0 Å². The highest BCUT2D eigenvalue weighted by molar-refractivity contribution is 5.96. The summed E-state index contributed by atoms with van der Waals surface area (Å²) in [5.41, 5.74) is 11.1. The Morgan fingerprint density at radius 3 is 2.50 bits per heavy atom. The van der Waals surface area contributed by atoms with Crippen LogP contribution in [0.15, 0.2) is 84.9 Å². The molecule has 34 heavy (non-hydrogen) atoms. The summed E-state index contributed by atoms with van der Waals surface area (Å²) in [6, 6.07) is 23.7. The lowest BCUT2D eigenvalue weighted by Gasteiger charge is -2.23. The molecule has 0 saturated heterocycles. The number of carbonyl (C=O) groups is 1. The topological polar surface area (TPSA) is 73.4 Å². The zero-order chi connectivity index (χ0) is 23.9. The molecule has 0 spiro atoms. The Morgan fingerprint density at radius 2 is 1.79 bits per heavy atom. The molecule has 1 heterocycles. The summed E-state index contributed by atoms with van der Waals surface area (Å²) in [4.78, 5) is 16.7. The van der Waals surface area contributed by atoms with Crippen molar-refractivity contribution >= 4 is 17.4 Å². The normalized spacial score (nSPS) is 12.2. The predicted molar refractivity (Wildman–Crippen MR) is 138 cm³/mol. The van der Waals surface area contributed by atoms with E-state index in [-0.39, 0.29) is 11.7 Å². The van der Waals surface area contributed by atoms with E-state index in [0.717, 1.165) is 22.4 Å². The number of rotatable bonds is 6. The third kappa shape index (κ3) is 5.54. The van der Waals surface area contributed by atoms with Crippen molar-refractivity contribution in [3.63, 3.8) is 0 Å². The van der Waals surface area contributed by atoms with Crippen molar-refractivity contribution in [1.29, 1.82) is 5.41 Å². The summed E-state index contributed by atoms with van der Waals surface area (Å²) in [6.07, 6.45) is 4.03. The van der Waals surface area contributed by atoms with E-state index < -0.39 is 0 Å². The summed E-state index contributed by atoms with van der Waals surface area (Å²) < 4.78 is 0. The van der Waals surface area contributed by atoms with Gasteiger partial charge in [-0.3, -0.25) is 10.2 Å². The van der Waals surface area contributed by atoms with Gasteiger partial charge < -0.3 is 15.5 Å². The minimum Gasteiger partial charge on any atom is -0.384 e. The van der Waals surface area contributed by atoms with Gasteiger partial charge in [0.2, 0.25) is 0 Å². The Bertz CT molecular complexity index is 1280. The molecule has 3 aromatic carbocycles. The minimum absolute atomic E-state index is 0.0439. The van der Waals surface area contributed by atoms with E-state index in [0.29, 0.717) is 31.7 Å². The maximum atomic E-state index is 12.7. The average Bonchev–Trinajstić information content (AvgIpc) is 3.39. The molecule has 3 N–H and O–H groups in total. The lowest BCUT2D eigenvalue weighted by molar-refractivity contribution is 0.0799. The summed E-state index contributed by atoms with van der Waals surface area (Å²) >= 11 is 0. The van der Waals surface area contributed by atoms with Gasteiger partial charge in [0.25, 0.3) is 5.91 Å². The van der Waals surface area contributed by atoms with Crippen LogP contribution >= 0.6 is 0 Å². The van der Waals surface area contributed by atoms with Crippen molar-refractivity contribution in [2.24, 2.45) is 5.73 Å². The number of amides is 1. The molecule has 1 aliphatic heterocycles. The Hall–Kier alpha value is -4.30. The van der Waals surface area contributed by atoms with E-state index in [1.165, 1.54) is 5.56 Å². The van der Waals surface area contributed by atoms with Crippen LogP contribution in [-0.2, 0) is 6.54 Å². The number of hydrogen-bond donors (Lipinski definition) is 2. The van der Waals surface area contributed by atoms with E-state index in [9.17, 15) is 4.79 Å². The molecule has 1 aliphatic rings. The van der Waals surface area contributed by atoms with Crippen LogP contribution in [0, 0.1) is 24.2 Å².